The number of nitrogens with zero attached hydrogens (tertiary/aromatic N) is 2. The van der Waals surface area contributed by atoms with Crippen LogP contribution >= 0.6 is 11.8 Å². The van der Waals surface area contributed by atoms with Crippen LogP contribution < -0.4 is 10.1 Å². The smallest absolute Gasteiger partial charge is 0.416 e. The topological polar surface area (TPSA) is 71.0 Å². The number of benzene rings is 2. The van der Waals surface area contributed by atoms with Gasteiger partial charge in [-0.3, -0.25) is 14.5 Å². The predicted molar refractivity (Wildman–Crippen MR) is 117 cm³/mol. The average molecular weight is 465 g/mol. The Morgan fingerprint density at radius 1 is 1.25 bits per heavy atom. The Balaban J connectivity index is 1.88. The van der Waals surface area contributed by atoms with Crippen molar-refractivity contribution >= 4 is 34.4 Å². The van der Waals surface area contributed by atoms with E-state index in [0.717, 1.165) is 29.5 Å². The zero-order chi connectivity index (χ0) is 23.3. The van der Waals surface area contributed by atoms with Crippen LogP contribution in [0.1, 0.15) is 17.5 Å². The largest absolute Gasteiger partial charge is 0.497 e. The molecule has 1 heterocycles. The van der Waals surface area contributed by atoms with Gasteiger partial charge in [0.15, 0.2) is 5.17 Å². The predicted octanol–water partition coefficient (Wildman–Crippen LogP) is 4.02. The van der Waals surface area contributed by atoms with Gasteiger partial charge in [-0.1, -0.05) is 30.0 Å². The van der Waals surface area contributed by atoms with E-state index in [9.17, 15) is 22.8 Å². The van der Waals surface area contributed by atoms with Crippen molar-refractivity contribution in [1.29, 1.82) is 0 Å². The summed E-state index contributed by atoms with van der Waals surface area (Å²) >= 11 is 1.07. The highest BCUT2D eigenvalue weighted by atomic mass is 32.2. The first-order chi connectivity index (χ1) is 15.2. The number of hydrogen-bond donors (Lipinski definition) is 1. The van der Waals surface area contributed by atoms with Gasteiger partial charge in [-0.2, -0.15) is 13.2 Å². The van der Waals surface area contributed by atoms with Gasteiger partial charge in [-0.15, -0.1) is 0 Å². The minimum absolute atomic E-state index is 0.0193. The second-order valence-corrected chi connectivity index (χ2v) is 8.18. The lowest BCUT2D eigenvalue weighted by Crippen LogP contribution is -2.46. The van der Waals surface area contributed by atoms with E-state index in [1.165, 1.54) is 24.1 Å². The van der Waals surface area contributed by atoms with Crippen LogP contribution in [0.25, 0.3) is 0 Å². The molecule has 1 atom stereocenters. The lowest BCUT2D eigenvalue weighted by Gasteiger charge is -2.31. The molecule has 0 radical (unpaired) electrons. The molecule has 0 aromatic heterocycles. The first-order valence-electron chi connectivity index (χ1n) is 9.78. The molecule has 0 unspecified atom stereocenters. The SMILES string of the molecule is CNC(=O)[C@@H]1CC(=O)N(CCc2ccc(OC)cc2)C(=Nc2cccc(C(F)(F)F)c2)S1. The van der Waals surface area contributed by atoms with Gasteiger partial charge in [0.2, 0.25) is 11.8 Å². The Labute approximate surface area is 187 Å². The van der Waals surface area contributed by atoms with E-state index in [-0.39, 0.29) is 35.6 Å². The number of carbonyl (C=O) groups excluding carboxylic acids is 2. The molecule has 32 heavy (non-hydrogen) atoms. The van der Waals surface area contributed by atoms with E-state index in [1.807, 2.05) is 12.1 Å². The van der Waals surface area contributed by atoms with Gasteiger partial charge in [0.1, 0.15) is 5.75 Å². The van der Waals surface area contributed by atoms with E-state index in [0.29, 0.717) is 12.2 Å². The van der Waals surface area contributed by atoms with Gasteiger partial charge in [0, 0.05) is 20.0 Å². The van der Waals surface area contributed by atoms with Gasteiger partial charge in [0.05, 0.1) is 23.6 Å². The van der Waals surface area contributed by atoms with Gasteiger partial charge in [0.25, 0.3) is 0 Å². The number of hydrogen-bond acceptors (Lipinski definition) is 5. The normalized spacial score (nSPS) is 18.0. The molecule has 170 valence electrons. The maximum absolute atomic E-state index is 13.1. The fourth-order valence-electron chi connectivity index (χ4n) is 3.12. The standard InChI is InChI=1S/C22H22F3N3O3S/c1-26-20(30)18-13-19(29)28(11-10-14-6-8-17(31-2)9-7-14)21(32-18)27-16-5-3-4-15(12-16)22(23,24)25/h3-9,12,18H,10-11,13H2,1-2H3,(H,26,30)/t18-/m0/s1. The van der Waals surface area contributed by atoms with Crippen molar-refractivity contribution < 1.29 is 27.5 Å². The molecule has 2 aromatic carbocycles. The Morgan fingerprint density at radius 3 is 2.59 bits per heavy atom. The number of ether oxygens (including phenoxy) is 1. The molecule has 3 rings (SSSR count). The fourth-order valence-corrected chi connectivity index (χ4v) is 4.30. The van der Waals surface area contributed by atoms with Crippen LogP contribution in [-0.4, -0.2) is 47.8 Å². The molecule has 1 aliphatic rings. The van der Waals surface area contributed by atoms with Crippen molar-refractivity contribution in [3.05, 3.63) is 59.7 Å². The Morgan fingerprint density at radius 2 is 1.97 bits per heavy atom. The summed E-state index contributed by atoms with van der Waals surface area (Å²) in [4.78, 5) is 30.7. The quantitative estimate of drug-likeness (QED) is 0.700. The molecule has 0 saturated carbocycles. The van der Waals surface area contributed by atoms with Crippen molar-refractivity contribution in [3.63, 3.8) is 0 Å². The molecule has 2 aromatic rings. The highest BCUT2D eigenvalue weighted by molar-refractivity contribution is 8.15. The Bertz CT molecular complexity index is 1010. The molecule has 1 saturated heterocycles. The third-order valence-electron chi connectivity index (χ3n) is 4.86. The van der Waals surface area contributed by atoms with Crippen LogP contribution in [0.2, 0.25) is 0 Å². The van der Waals surface area contributed by atoms with Crippen LogP contribution in [0.5, 0.6) is 5.75 Å². The third-order valence-corrected chi connectivity index (χ3v) is 6.05. The summed E-state index contributed by atoms with van der Waals surface area (Å²) in [5.41, 5.74) is 0.177. The van der Waals surface area contributed by atoms with E-state index >= 15 is 0 Å². The monoisotopic (exact) mass is 465 g/mol. The molecular formula is C22H22F3N3O3S. The lowest BCUT2D eigenvalue weighted by molar-refractivity contribution is -0.137. The van der Waals surface area contributed by atoms with E-state index in [4.69, 9.17) is 4.74 Å². The van der Waals surface area contributed by atoms with Gasteiger partial charge in [-0.05, 0) is 42.3 Å². The number of thioether (sulfide) groups is 1. The zero-order valence-corrected chi connectivity index (χ0v) is 18.3. The molecule has 1 N–H and O–H groups in total. The first-order valence-corrected chi connectivity index (χ1v) is 10.7. The van der Waals surface area contributed by atoms with Crippen LogP contribution in [-0.2, 0) is 22.2 Å². The molecule has 0 bridgehead atoms. The van der Waals surface area contributed by atoms with Gasteiger partial charge in [-0.25, -0.2) is 4.99 Å². The Kier molecular flexibility index (Phi) is 7.44. The number of halogens is 3. The minimum atomic E-state index is -4.51. The molecule has 0 spiro atoms. The van der Waals surface area contributed by atoms with Crippen molar-refractivity contribution in [1.82, 2.24) is 10.2 Å². The van der Waals surface area contributed by atoms with Crippen LogP contribution in [0, 0.1) is 0 Å². The molecule has 0 aliphatic carbocycles. The number of aliphatic imine (C=N–C) groups is 1. The number of methoxy groups -OCH3 is 1. The number of nitrogens with one attached hydrogen (secondary N) is 1. The summed E-state index contributed by atoms with van der Waals surface area (Å²) in [5.74, 6) is 0.0602. The second-order valence-electron chi connectivity index (χ2n) is 7.01. The van der Waals surface area contributed by atoms with Gasteiger partial charge < -0.3 is 10.1 Å². The van der Waals surface area contributed by atoms with E-state index in [1.54, 1.807) is 19.2 Å². The van der Waals surface area contributed by atoms with Crippen molar-refractivity contribution in [3.8, 4) is 5.75 Å². The third kappa shape index (κ3) is 5.82. The number of carbonyl (C=O) groups is 2. The average Bonchev–Trinajstić information content (AvgIpc) is 2.77. The number of amides is 2. The fraction of sp³-hybridized carbons (Fsp3) is 0.318. The van der Waals surface area contributed by atoms with Crippen LogP contribution in [0.15, 0.2) is 53.5 Å². The van der Waals surface area contributed by atoms with Gasteiger partial charge >= 0.3 is 6.18 Å². The van der Waals surface area contributed by atoms with Crippen LogP contribution in [0.4, 0.5) is 18.9 Å². The molecule has 1 fully saturated rings. The summed E-state index contributed by atoms with van der Waals surface area (Å²) in [6.45, 7) is 0.274. The number of rotatable bonds is 6. The Hall–Kier alpha value is -3.01. The highest BCUT2D eigenvalue weighted by Crippen LogP contribution is 2.33. The maximum Gasteiger partial charge on any atom is 0.416 e. The van der Waals surface area contributed by atoms with Crippen molar-refractivity contribution in [2.75, 3.05) is 20.7 Å². The molecule has 2 amide bonds. The highest BCUT2D eigenvalue weighted by Gasteiger charge is 2.35. The number of amidine groups is 1. The maximum atomic E-state index is 13.1. The summed E-state index contributed by atoms with van der Waals surface area (Å²) in [6.07, 6.45) is -4.03. The van der Waals surface area contributed by atoms with Crippen LogP contribution in [0.3, 0.4) is 0 Å². The lowest BCUT2D eigenvalue weighted by atomic mass is 10.1. The summed E-state index contributed by atoms with van der Waals surface area (Å²) in [5, 5.41) is 2.00. The summed E-state index contributed by atoms with van der Waals surface area (Å²) in [7, 11) is 3.03. The zero-order valence-electron chi connectivity index (χ0n) is 17.5. The molecular weight excluding hydrogens is 443 g/mol. The van der Waals surface area contributed by atoms with E-state index < -0.39 is 17.0 Å². The summed E-state index contributed by atoms with van der Waals surface area (Å²) < 4.78 is 44.4. The minimum Gasteiger partial charge on any atom is -0.497 e. The van der Waals surface area contributed by atoms with Crippen molar-refractivity contribution in [2.45, 2.75) is 24.3 Å². The summed E-state index contributed by atoms with van der Waals surface area (Å²) in [6, 6.07) is 11.9. The van der Waals surface area contributed by atoms with Crippen molar-refractivity contribution in [2.24, 2.45) is 4.99 Å². The van der Waals surface area contributed by atoms with E-state index in [2.05, 4.69) is 10.3 Å². The first kappa shape index (κ1) is 23.6. The molecule has 6 nitrogen and oxygen atoms in total. The second kappa shape index (κ2) is 10.1. The molecule has 1 aliphatic heterocycles. The molecule has 10 heteroatoms. The number of alkyl halides is 3.